The van der Waals surface area contributed by atoms with Gasteiger partial charge in [0.2, 0.25) is 0 Å². The van der Waals surface area contributed by atoms with E-state index in [1.54, 1.807) is 0 Å². The molecule has 94 valence electrons. The molecule has 0 bridgehead atoms. The van der Waals surface area contributed by atoms with Crippen LogP contribution in [0.5, 0.6) is 0 Å². The van der Waals surface area contributed by atoms with E-state index < -0.39 is 5.97 Å². The third-order valence-electron chi connectivity index (χ3n) is 2.25. The second-order valence-electron chi connectivity index (χ2n) is 3.67. The summed E-state index contributed by atoms with van der Waals surface area (Å²) in [7, 11) is 0. The molecule has 3 N–H and O–H groups in total. The molecule has 0 aliphatic carbocycles. The minimum Gasteiger partial charge on any atom is -0.481 e. The highest BCUT2D eigenvalue weighted by molar-refractivity contribution is 5.91. The van der Waals surface area contributed by atoms with Crippen LogP contribution in [-0.4, -0.2) is 38.9 Å². The number of aliphatic carboxylic acids is 1. The quantitative estimate of drug-likeness (QED) is 0.576. The van der Waals surface area contributed by atoms with Crippen LogP contribution in [0.3, 0.4) is 0 Å². The molecule has 0 saturated carbocycles. The molecule has 0 spiro atoms. The molecule has 1 aromatic heterocycles. The van der Waals surface area contributed by atoms with Gasteiger partial charge in [0.25, 0.3) is 5.91 Å². The fourth-order valence-electron chi connectivity index (χ4n) is 1.36. The smallest absolute Gasteiger partial charge is 0.303 e. The number of aromatic nitrogens is 3. The zero-order chi connectivity index (χ0) is 12.5. The van der Waals surface area contributed by atoms with Crippen LogP contribution in [0.2, 0.25) is 0 Å². The highest BCUT2D eigenvalue weighted by atomic mass is 16.4. The van der Waals surface area contributed by atoms with Gasteiger partial charge in [-0.1, -0.05) is 12.8 Å². The first-order valence-corrected chi connectivity index (χ1v) is 5.56. The maximum Gasteiger partial charge on any atom is 0.303 e. The SMILES string of the molecule is O=C(O)CCCCCCNC(=O)c1cn[nH]n1. The van der Waals surface area contributed by atoms with Gasteiger partial charge in [-0.05, 0) is 12.8 Å². The van der Waals surface area contributed by atoms with Crippen LogP contribution in [0.25, 0.3) is 0 Å². The summed E-state index contributed by atoms with van der Waals surface area (Å²) < 4.78 is 0. The van der Waals surface area contributed by atoms with E-state index in [0.717, 1.165) is 19.3 Å². The molecule has 7 nitrogen and oxygen atoms in total. The largest absolute Gasteiger partial charge is 0.481 e. The van der Waals surface area contributed by atoms with Crippen LogP contribution >= 0.6 is 0 Å². The number of carbonyl (C=O) groups is 2. The highest BCUT2D eigenvalue weighted by Gasteiger charge is 2.06. The fraction of sp³-hybridized carbons (Fsp3) is 0.600. The number of hydrogen-bond acceptors (Lipinski definition) is 4. The van der Waals surface area contributed by atoms with E-state index in [4.69, 9.17) is 5.11 Å². The molecule has 0 radical (unpaired) electrons. The van der Waals surface area contributed by atoms with Crippen molar-refractivity contribution in [2.24, 2.45) is 0 Å². The summed E-state index contributed by atoms with van der Waals surface area (Å²) in [6, 6.07) is 0. The summed E-state index contributed by atoms with van der Waals surface area (Å²) in [6.45, 7) is 0.568. The second kappa shape index (κ2) is 7.37. The number of nitrogens with one attached hydrogen (secondary N) is 2. The summed E-state index contributed by atoms with van der Waals surface area (Å²) in [4.78, 5) is 21.6. The molecular weight excluding hydrogens is 224 g/mol. The first-order chi connectivity index (χ1) is 8.20. The second-order valence-corrected chi connectivity index (χ2v) is 3.67. The topological polar surface area (TPSA) is 108 Å². The van der Waals surface area contributed by atoms with E-state index in [1.807, 2.05) is 0 Å². The van der Waals surface area contributed by atoms with Gasteiger partial charge in [-0.25, -0.2) is 0 Å². The Morgan fingerprint density at radius 3 is 2.71 bits per heavy atom. The van der Waals surface area contributed by atoms with Gasteiger partial charge in [-0.2, -0.15) is 15.4 Å². The zero-order valence-corrected chi connectivity index (χ0v) is 9.48. The lowest BCUT2D eigenvalue weighted by Gasteiger charge is -2.02. The van der Waals surface area contributed by atoms with Gasteiger partial charge in [0.1, 0.15) is 0 Å². The Morgan fingerprint density at radius 2 is 2.06 bits per heavy atom. The van der Waals surface area contributed by atoms with Gasteiger partial charge in [-0.3, -0.25) is 9.59 Å². The number of rotatable bonds is 8. The van der Waals surface area contributed by atoms with E-state index >= 15 is 0 Å². The van der Waals surface area contributed by atoms with Gasteiger partial charge in [0.05, 0.1) is 6.20 Å². The summed E-state index contributed by atoms with van der Waals surface area (Å²) >= 11 is 0. The van der Waals surface area contributed by atoms with Gasteiger partial charge in [-0.15, -0.1) is 0 Å². The first-order valence-electron chi connectivity index (χ1n) is 5.56. The predicted octanol–water partition coefficient (Wildman–Crippen LogP) is 0.570. The monoisotopic (exact) mass is 240 g/mol. The van der Waals surface area contributed by atoms with Gasteiger partial charge in [0, 0.05) is 13.0 Å². The average molecular weight is 240 g/mol. The normalized spacial score (nSPS) is 10.1. The highest BCUT2D eigenvalue weighted by Crippen LogP contribution is 2.02. The van der Waals surface area contributed by atoms with Crippen LogP contribution in [0, 0.1) is 0 Å². The third kappa shape index (κ3) is 5.64. The molecule has 1 aromatic rings. The Morgan fingerprint density at radius 1 is 1.29 bits per heavy atom. The standard InChI is InChI=1S/C10H16N4O3/c15-9(16)5-3-1-2-4-6-11-10(17)8-7-12-14-13-8/h7H,1-6H2,(H,11,17)(H,15,16)(H,12,13,14). The van der Waals surface area contributed by atoms with Crippen LogP contribution in [0.4, 0.5) is 0 Å². The summed E-state index contributed by atoms with van der Waals surface area (Å²) in [5, 5.41) is 20.7. The molecule has 0 saturated heterocycles. The predicted molar refractivity (Wildman–Crippen MR) is 59.4 cm³/mol. The Balaban J connectivity index is 1.97. The molecule has 0 aromatic carbocycles. The zero-order valence-electron chi connectivity index (χ0n) is 9.48. The van der Waals surface area contributed by atoms with E-state index in [2.05, 4.69) is 20.7 Å². The summed E-state index contributed by atoms with van der Waals surface area (Å²) in [5.74, 6) is -1.01. The summed E-state index contributed by atoms with van der Waals surface area (Å²) in [6.07, 6.45) is 4.88. The van der Waals surface area contributed by atoms with E-state index in [9.17, 15) is 9.59 Å². The summed E-state index contributed by atoms with van der Waals surface area (Å²) in [5.41, 5.74) is 0.274. The molecule has 1 heterocycles. The number of H-pyrrole nitrogens is 1. The van der Waals surface area contributed by atoms with Crippen molar-refractivity contribution in [1.82, 2.24) is 20.7 Å². The van der Waals surface area contributed by atoms with Crippen molar-refractivity contribution in [3.05, 3.63) is 11.9 Å². The number of carboxylic acid groups (broad SMARTS) is 1. The molecule has 0 fully saturated rings. The number of amides is 1. The van der Waals surface area contributed by atoms with Gasteiger partial charge >= 0.3 is 5.97 Å². The molecular formula is C10H16N4O3. The van der Waals surface area contributed by atoms with Crippen LogP contribution in [0.15, 0.2) is 6.20 Å². The molecule has 1 rings (SSSR count). The van der Waals surface area contributed by atoms with Crippen LogP contribution in [-0.2, 0) is 4.79 Å². The van der Waals surface area contributed by atoms with Gasteiger partial charge < -0.3 is 10.4 Å². The van der Waals surface area contributed by atoms with E-state index in [1.165, 1.54) is 6.20 Å². The van der Waals surface area contributed by atoms with Crippen molar-refractivity contribution >= 4 is 11.9 Å². The molecule has 1 amide bonds. The number of carboxylic acids is 1. The number of carbonyl (C=O) groups excluding carboxylic acids is 1. The Kier molecular flexibility index (Phi) is 5.70. The Bertz CT molecular complexity index is 350. The molecule has 0 aliphatic heterocycles. The molecule has 17 heavy (non-hydrogen) atoms. The number of nitrogens with zero attached hydrogens (tertiary/aromatic N) is 2. The lowest BCUT2D eigenvalue weighted by molar-refractivity contribution is -0.137. The van der Waals surface area contributed by atoms with Crippen molar-refractivity contribution in [3.63, 3.8) is 0 Å². The van der Waals surface area contributed by atoms with E-state index in [-0.39, 0.29) is 18.0 Å². The molecule has 0 aliphatic rings. The van der Waals surface area contributed by atoms with E-state index in [0.29, 0.717) is 13.0 Å². The lowest BCUT2D eigenvalue weighted by Crippen LogP contribution is -2.24. The molecule has 0 atom stereocenters. The molecule has 0 unspecified atom stereocenters. The van der Waals surface area contributed by atoms with Crippen LogP contribution in [0.1, 0.15) is 42.6 Å². The average Bonchev–Trinajstić information content (AvgIpc) is 2.80. The van der Waals surface area contributed by atoms with Crippen molar-refractivity contribution in [2.45, 2.75) is 32.1 Å². The maximum absolute atomic E-state index is 11.4. The maximum atomic E-state index is 11.4. The number of hydrogen-bond donors (Lipinski definition) is 3. The fourth-order valence-corrected chi connectivity index (χ4v) is 1.36. The number of aromatic amines is 1. The van der Waals surface area contributed by atoms with Crippen molar-refractivity contribution in [2.75, 3.05) is 6.54 Å². The van der Waals surface area contributed by atoms with Crippen molar-refractivity contribution in [3.8, 4) is 0 Å². The minimum absolute atomic E-state index is 0.214. The van der Waals surface area contributed by atoms with Crippen molar-refractivity contribution in [1.29, 1.82) is 0 Å². The Hall–Kier alpha value is -1.92. The molecule has 7 heteroatoms. The minimum atomic E-state index is -0.760. The number of unbranched alkanes of at least 4 members (excludes halogenated alkanes) is 3. The lowest BCUT2D eigenvalue weighted by atomic mass is 10.1. The third-order valence-corrected chi connectivity index (χ3v) is 2.25. The Labute approximate surface area is 98.6 Å². The van der Waals surface area contributed by atoms with Crippen LogP contribution < -0.4 is 5.32 Å². The van der Waals surface area contributed by atoms with Gasteiger partial charge in [0.15, 0.2) is 5.69 Å². The van der Waals surface area contributed by atoms with Crippen molar-refractivity contribution < 1.29 is 14.7 Å². The first kappa shape index (κ1) is 13.1.